The number of carbonyl (C=O) groups excluding carboxylic acids is 1. The molecule has 1 aliphatic rings. The standard InChI is InChI=1S/C28H36FN3O/c1-18(2)10-23-9-8-21(12-27(23)20(4)29)16-31-17-25(15-30)28(33)32-26-13-24(14-26)22-7-5-6-19(3)11-22/h5-9,11-12,15,17-18,20,24,26H,10,13-14,16,30H2,1-4H3,(H,32,33)/b25-15+,31-17?. The van der Waals surface area contributed by atoms with Crippen LogP contribution in [0.3, 0.4) is 0 Å². The van der Waals surface area contributed by atoms with Gasteiger partial charge < -0.3 is 11.1 Å². The molecule has 0 saturated heterocycles. The molecule has 3 N–H and O–H groups in total. The number of halogens is 1. The molecule has 0 aromatic heterocycles. The third-order valence-corrected chi connectivity index (χ3v) is 6.20. The van der Waals surface area contributed by atoms with Crippen LogP contribution in [-0.4, -0.2) is 18.2 Å². The van der Waals surface area contributed by atoms with Crippen molar-refractivity contribution in [1.29, 1.82) is 0 Å². The van der Waals surface area contributed by atoms with Crippen LogP contribution in [-0.2, 0) is 17.8 Å². The number of nitrogens with one attached hydrogen (secondary N) is 1. The van der Waals surface area contributed by atoms with Gasteiger partial charge in [0.25, 0.3) is 5.91 Å². The summed E-state index contributed by atoms with van der Waals surface area (Å²) in [5.74, 6) is 0.740. The second kappa shape index (κ2) is 11.3. The van der Waals surface area contributed by atoms with Crippen LogP contribution in [0.25, 0.3) is 0 Å². The van der Waals surface area contributed by atoms with E-state index < -0.39 is 6.17 Å². The molecule has 0 radical (unpaired) electrons. The molecular weight excluding hydrogens is 413 g/mol. The second-order valence-electron chi connectivity index (χ2n) is 9.59. The van der Waals surface area contributed by atoms with Crippen LogP contribution in [0.4, 0.5) is 4.39 Å². The van der Waals surface area contributed by atoms with Crippen molar-refractivity contribution in [2.75, 3.05) is 0 Å². The average Bonchev–Trinajstić information content (AvgIpc) is 2.73. The number of aliphatic imine (C=N–C) groups is 1. The van der Waals surface area contributed by atoms with E-state index in [4.69, 9.17) is 5.73 Å². The first-order chi connectivity index (χ1) is 15.8. The summed E-state index contributed by atoms with van der Waals surface area (Å²) in [5.41, 5.74) is 11.3. The maximum atomic E-state index is 14.1. The minimum Gasteiger partial charge on any atom is -0.404 e. The molecule has 33 heavy (non-hydrogen) atoms. The first kappa shape index (κ1) is 24.7. The van der Waals surface area contributed by atoms with E-state index in [1.165, 1.54) is 23.5 Å². The molecule has 2 aromatic carbocycles. The summed E-state index contributed by atoms with van der Waals surface area (Å²) in [6.45, 7) is 8.28. The Labute approximate surface area is 197 Å². The Bertz CT molecular complexity index is 1020. The number of hydrogen-bond donors (Lipinski definition) is 2. The summed E-state index contributed by atoms with van der Waals surface area (Å²) in [5, 5.41) is 3.05. The van der Waals surface area contributed by atoms with Crippen LogP contribution in [0.1, 0.15) is 73.5 Å². The predicted molar refractivity (Wildman–Crippen MR) is 134 cm³/mol. The Morgan fingerprint density at radius 3 is 2.61 bits per heavy atom. The van der Waals surface area contributed by atoms with E-state index in [-0.39, 0.29) is 11.9 Å². The van der Waals surface area contributed by atoms with Gasteiger partial charge in [-0.25, -0.2) is 4.39 Å². The van der Waals surface area contributed by atoms with Crippen molar-refractivity contribution in [1.82, 2.24) is 5.32 Å². The number of alkyl halides is 1. The molecule has 1 saturated carbocycles. The third kappa shape index (κ3) is 6.77. The highest BCUT2D eigenvalue weighted by Crippen LogP contribution is 2.37. The highest BCUT2D eigenvalue weighted by atomic mass is 19.1. The fourth-order valence-electron chi connectivity index (χ4n) is 4.37. The number of benzene rings is 2. The van der Waals surface area contributed by atoms with Crippen molar-refractivity contribution in [3.05, 3.63) is 82.1 Å². The van der Waals surface area contributed by atoms with Crippen molar-refractivity contribution >= 4 is 12.1 Å². The van der Waals surface area contributed by atoms with E-state index in [9.17, 15) is 9.18 Å². The molecule has 0 bridgehead atoms. The van der Waals surface area contributed by atoms with Crippen LogP contribution < -0.4 is 11.1 Å². The van der Waals surface area contributed by atoms with Gasteiger partial charge in [-0.05, 0) is 67.2 Å². The van der Waals surface area contributed by atoms with Crippen molar-refractivity contribution in [2.24, 2.45) is 16.6 Å². The quantitative estimate of drug-likeness (QED) is 0.381. The van der Waals surface area contributed by atoms with Crippen molar-refractivity contribution in [2.45, 2.75) is 71.6 Å². The normalized spacial score (nSPS) is 19.5. The molecule has 1 unspecified atom stereocenters. The summed E-state index contributed by atoms with van der Waals surface area (Å²) < 4.78 is 14.1. The van der Waals surface area contributed by atoms with Gasteiger partial charge in [0.2, 0.25) is 0 Å². The summed E-state index contributed by atoms with van der Waals surface area (Å²) in [6, 6.07) is 14.5. The van der Waals surface area contributed by atoms with E-state index in [1.54, 1.807) is 6.92 Å². The Morgan fingerprint density at radius 1 is 1.21 bits per heavy atom. The summed E-state index contributed by atoms with van der Waals surface area (Å²) in [4.78, 5) is 17.0. The third-order valence-electron chi connectivity index (χ3n) is 6.20. The lowest BCUT2D eigenvalue weighted by Gasteiger charge is -2.36. The maximum Gasteiger partial charge on any atom is 0.254 e. The Hall–Kier alpha value is -2.95. The number of nitrogens with two attached hydrogens (primary N) is 1. The summed E-state index contributed by atoms with van der Waals surface area (Å²) >= 11 is 0. The molecule has 0 heterocycles. The van der Waals surface area contributed by atoms with Gasteiger partial charge >= 0.3 is 0 Å². The maximum absolute atomic E-state index is 14.1. The van der Waals surface area contributed by atoms with Gasteiger partial charge in [0.05, 0.1) is 12.1 Å². The van der Waals surface area contributed by atoms with Crippen LogP contribution in [0.2, 0.25) is 0 Å². The molecule has 1 aliphatic carbocycles. The van der Waals surface area contributed by atoms with Gasteiger partial charge in [-0.1, -0.05) is 61.9 Å². The van der Waals surface area contributed by atoms with Crippen LogP contribution >= 0.6 is 0 Å². The van der Waals surface area contributed by atoms with Gasteiger partial charge in [-0.2, -0.15) is 0 Å². The molecule has 1 fully saturated rings. The van der Waals surface area contributed by atoms with Crippen molar-refractivity contribution < 1.29 is 9.18 Å². The largest absolute Gasteiger partial charge is 0.404 e. The van der Waals surface area contributed by atoms with Gasteiger partial charge in [0, 0.05) is 18.5 Å². The van der Waals surface area contributed by atoms with Crippen LogP contribution in [0, 0.1) is 12.8 Å². The number of rotatable bonds is 9. The topological polar surface area (TPSA) is 67.5 Å². The van der Waals surface area contributed by atoms with E-state index in [1.807, 2.05) is 18.2 Å². The van der Waals surface area contributed by atoms with E-state index in [0.717, 1.165) is 36.0 Å². The molecule has 1 amide bonds. The molecule has 176 valence electrons. The molecule has 2 aromatic rings. The first-order valence-electron chi connectivity index (χ1n) is 11.8. The molecular formula is C28H36FN3O. The highest BCUT2D eigenvalue weighted by Gasteiger charge is 2.31. The van der Waals surface area contributed by atoms with Crippen LogP contribution in [0.15, 0.2) is 59.2 Å². The molecule has 0 aliphatic heterocycles. The van der Waals surface area contributed by atoms with E-state index in [0.29, 0.717) is 24.0 Å². The van der Waals surface area contributed by atoms with E-state index in [2.05, 4.69) is 55.3 Å². The number of aryl methyl sites for hydroxylation is 1. The van der Waals surface area contributed by atoms with Gasteiger partial charge in [-0.3, -0.25) is 9.79 Å². The van der Waals surface area contributed by atoms with Gasteiger partial charge in [-0.15, -0.1) is 0 Å². The molecule has 5 heteroatoms. The van der Waals surface area contributed by atoms with Gasteiger partial charge in [0.15, 0.2) is 0 Å². The Balaban J connectivity index is 1.54. The SMILES string of the molecule is Cc1cccc(C2CC(NC(=O)/C(C=NCc3ccc(CC(C)C)c(C(C)F)c3)=C/N)C2)c1. The van der Waals surface area contributed by atoms with Crippen molar-refractivity contribution in [3.63, 3.8) is 0 Å². The summed E-state index contributed by atoms with van der Waals surface area (Å²) in [7, 11) is 0. The number of nitrogens with zero attached hydrogens (tertiary/aromatic N) is 1. The smallest absolute Gasteiger partial charge is 0.254 e. The highest BCUT2D eigenvalue weighted by molar-refractivity contribution is 6.12. The van der Waals surface area contributed by atoms with Crippen molar-refractivity contribution in [3.8, 4) is 0 Å². The lowest BCUT2D eigenvalue weighted by atomic mass is 9.75. The lowest BCUT2D eigenvalue weighted by molar-refractivity contribution is -0.118. The van der Waals surface area contributed by atoms with E-state index >= 15 is 0 Å². The molecule has 3 rings (SSSR count). The minimum absolute atomic E-state index is 0.147. The fourth-order valence-corrected chi connectivity index (χ4v) is 4.37. The summed E-state index contributed by atoms with van der Waals surface area (Å²) in [6.07, 6.45) is 4.47. The Morgan fingerprint density at radius 2 is 1.97 bits per heavy atom. The second-order valence-corrected chi connectivity index (χ2v) is 9.59. The zero-order chi connectivity index (χ0) is 24.0. The average molecular weight is 450 g/mol. The molecule has 1 atom stereocenters. The minimum atomic E-state index is -1.03. The zero-order valence-electron chi connectivity index (χ0n) is 20.1. The molecule has 4 nitrogen and oxygen atoms in total. The zero-order valence-corrected chi connectivity index (χ0v) is 20.1. The number of carbonyl (C=O) groups is 1. The first-order valence-corrected chi connectivity index (χ1v) is 11.8. The number of amides is 1. The fraction of sp³-hybridized carbons (Fsp3) is 0.429. The molecule has 0 spiro atoms. The van der Waals surface area contributed by atoms with Gasteiger partial charge in [0.1, 0.15) is 6.17 Å². The monoisotopic (exact) mass is 449 g/mol. The predicted octanol–water partition coefficient (Wildman–Crippen LogP) is 5.70. The lowest BCUT2D eigenvalue weighted by Crippen LogP contribution is -2.44. The number of hydrogen-bond acceptors (Lipinski definition) is 3. The Kier molecular flexibility index (Phi) is 8.43. The van der Waals surface area contributed by atoms with Crippen LogP contribution in [0.5, 0.6) is 0 Å².